The number of anilines is 2. The highest BCUT2D eigenvalue weighted by Gasteiger charge is 2.46. The van der Waals surface area contributed by atoms with Crippen LogP contribution < -0.4 is 10.1 Å². The number of fused-ring (bicyclic) bond motifs is 2. The first-order chi connectivity index (χ1) is 17.6. The number of hydrogen-bond donors (Lipinski definition) is 1. The van der Waals surface area contributed by atoms with Crippen LogP contribution in [0.2, 0.25) is 5.02 Å². The molecule has 194 valence electrons. The molecule has 0 aliphatic carbocycles. The molecule has 2 atom stereocenters. The van der Waals surface area contributed by atoms with Gasteiger partial charge in [-0.2, -0.15) is 18.2 Å². The second kappa shape index (κ2) is 9.88. The summed E-state index contributed by atoms with van der Waals surface area (Å²) in [6.07, 6.45) is -2.96. The van der Waals surface area contributed by atoms with Gasteiger partial charge in [0.05, 0.1) is 10.6 Å². The number of hydrogen-bond acceptors (Lipinski definition) is 8. The number of nitrogens with zero attached hydrogens (tertiary/aromatic N) is 4. The van der Waals surface area contributed by atoms with Crippen molar-refractivity contribution in [3.63, 3.8) is 0 Å². The molecule has 0 spiro atoms. The van der Waals surface area contributed by atoms with Gasteiger partial charge in [-0.3, -0.25) is 9.69 Å². The van der Waals surface area contributed by atoms with Crippen LogP contribution in [0.25, 0.3) is 0 Å². The molecule has 1 aromatic carbocycles. The Balaban J connectivity index is 1.31. The van der Waals surface area contributed by atoms with Crippen LogP contribution in [-0.2, 0) is 11.3 Å². The van der Waals surface area contributed by atoms with Crippen LogP contribution in [0, 0.1) is 5.82 Å². The fraction of sp³-hybridized carbons (Fsp3) is 0.304. The van der Waals surface area contributed by atoms with E-state index < -0.39 is 29.7 Å². The van der Waals surface area contributed by atoms with E-state index in [9.17, 15) is 27.2 Å². The van der Waals surface area contributed by atoms with Gasteiger partial charge in [-0.05, 0) is 30.2 Å². The molecule has 3 aromatic rings. The number of thiazole rings is 1. The lowest BCUT2D eigenvalue weighted by Crippen LogP contribution is -2.48. The maximum atomic E-state index is 14.4. The van der Waals surface area contributed by atoms with Crippen molar-refractivity contribution < 1.29 is 31.9 Å². The van der Waals surface area contributed by atoms with E-state index in [4.69, 9.17) is 11.6 Å². The summed E-state index contributed by atoms with van der Waals surface area (Å²) in [7, 11) is 0. The first-order valence-electron chi connectivity index (χ1n) is 11.0. The van der Waals surface area contributed by atoms with Crippen LogP contribution >= 0.6 is 22.9 Å². The molecule has 2 aliphatic heterocycles. The predicted molar refractivity (Wildman–Crippen MR) is 126 cm³/mol. The van der Waals surface area contributed by atoms with Crippen LogP contribution in [0.5, 0.6) is 5.88 Å². The van der Waals surface area contributed by atoms with Crippen LogP contribution in [0.4, 0.5) is 28.5 Å². The third-order valence-corrected chi connectivity index (χ3v) is 7.12. The minimum absolute atomic E-state index is 0.0408. The second-order valence-corrected chi connectivity index (χ2v) is 9.88. The zero-order chi connectivity index (χ0) is 26.3. The first-order valence-corrected chi connectivity index (χ1v) is 12.3. The Labute approximate surface area is 216 Å². The first kappa shape index (κ1) is 25.4. The zero-order valence-corrected chi connectivity index (χ0v) is 20.4. The fourth-order valence-electron chi connectivity index (χ4n) is 4.56. The van der Waals surface area contributed by atoms with E-state index >= 15 is 0 Å². The van der Waals surface area contributed by atoms with E-state index in [2.05, 4.69) is 24.9 Å². The molecule has 0 radical (unpaired) electrons. The Morgan fingerprint density at radius 3 is 2.70 bits per heavy atom. The van der Waals surface area contributed by atoms with Crippen molar-refractivity contribution >= 4 is 45.8 Å². The van der Waals surface area contributed by atoms with Gasteiger partial charge in [-0.15, -0.1) is 11.3 Å². The number of rotatable bonds is 6. The number of ether oxygens (including phenoxy) is 1. The number of pyridine rings is 1. The number of amides is 1. The lowest BCUT2D eigenvalue weighted by Gasteiger charge is -2.34. The summed E-state index contributed by atoms with van der Waals surface area (Å²) in [5.74, 6) is -3.91. The van der Waals surface area contributed by atoms with E-state index in [1.165, 1.54) is 35.6 Å². The molecular formula is C23H18ClF4N5O3S. The quantitative estimate of drug-likeness (QED) is 0.350. The van der Waals surface area contributed by atoms with Gasteiger partial charge in [0.1, 0.15) is 5.82 Å². The molecule has 2 bridgehead atoms. The standard InChI is InChI=1S/C23H18ClF4N5O3S/c24-16-3-1-2-15(19(16)25)20(34)33-11-13-8-14(33)10-32(13)9-12-6-17(31-22-29-4-5-37-22)30-18(7-12)36-21(35)23(26,27)28/h1-7,13-14H,8-11H2,(H,29,30,31)/t13-,14-/m0/s1. The SMILES string of the molecule is O=C(c1cccc(Cl)c1F)N1C[C@@H]2C[C@H]1CN2Cc1cc(Nc2nccs2)nc(OC(=O)C(F)(F)F)c1. The molecule has 8 nitrogen and oxygen atoms in total. The average molecular weight is 556 g/mol. The lowest BCUT2D eigenvalue weighted by molar-refractivity contribution is -0.190. The molecule has 2 saturated heterocycles. The number of likely N-dealkylation sites (tertiary alicyclic amines) is 2. The van der Waals surface area contributed by atoms with Crippen molar-refractivity contribution in [2.24, 2.45) is 0 Å². The molecule has 2 fully saturated rings. The second-order valence-electron chi connectivity index (χ2n) is 8.58. The van der Waals surface area contributed by atoms with Gasteiger partial charge in [0, 0.05) is 49.4 Å². The van der Waals surface area contributed by atoms with Crippen LogP contribution in [0.3, 0.4) is 0 Å². The minimum Gasteiger partial charge on any atom is -0.401 e. The van der Waals surface area contributed by atoms with Gasteiger partial charge in [0.15, 0.2) is 10.9 Å². The summed E-state index contributed by atoms with van der Waals surface area (Å²) in [6.45, 7) is 1.15. The van der Waals surface area contributed by atoms with Crippen LogP contribution in [0.1, 0.15) is 22.3 Å². The van der Waals surface area contributed by atoms with Crippen LogP contribution in [0.15, 0.2) is 41.9 Å². The monoisotopic (exact) mass is 555 g/mol. The van der Waals surface area contributed by atoms with Gasteiger partial charge in [-0.25, -0.2) is 14.2 Å². The highest BCUT2D eigenvalue weighted by atomic mass is 35.5. The number of benzene rings is 1. The average Bonchev–Trinajstić information content (AvgIpc) is 3.58. The number of carbonyl (C=O) groups excluding carboxylic acids is 2. The van der Waals surface area contributed by atoms with Crippen molar-refractivity contribution in [3.05, 3.63) is 63.9 Å². The highest BCUT2D eigenvalue weighted by Crippen LogP contribution is 2.34. The number of alkyl halides is 3. The summed E-state index contributed by atoms with van der Waals surface area (Å²) in [5, 5.41) is 4.93. The van der Waals surface area contributed by atoms with E-state index in [0.717, 1.165) is 0 Å². The summed E-state index contributed by atoms with van der Waals surface area (Å²) < 4.78 is 57.1. The van der Waals surface area contributed by atoms with E-state index in [0.29, 0.717) is 36.8 Å². The predicted octanol–water partition coefficient (Wildman–Crippen LogP) is 4.64. The van der Waals surface area contributed by atoms with Crippen molar-refractivity contribution in [2.45, 2.75) is 31.2 Å². The minimum atomic E-state index is -5.17. The van der Waals surface area contributed by atoms with Gasteiger partial charge < -0.3 is 15.0 Å². The highest BCUT2D eigenvalue weighted by molar-refractivity contribution is 7.13. The van der Waals surface area contributed by atoms with Gasteiger partial charge in [0.2, 0.25) is 5.88 Å². The Kier molecular flexibility index (Phi) is 6.77. The molecule has 14 heteroatoms. The van der Waals surface area contributed by atoms with E-state index in [-0.39, 0.29) is 28.5 Å². The molecule has 37 heavy (non-hydrogen) atoms. The number of nitrogens with one attached hydrogen (secondary N) is 1. The number of piperazine rings is 1. The maximum Gasteiger partial charge on any atom is 0.491 e. The van der Waals surface area contributed by atoms with Crippen molar-refractivity contribution in [1.82, 2.24) is 19.8 Å². The molecule has 0 saturated carbocycles. The lowest BCUT2D eigenvalue weighted by atomic mass is 10.1. The van der Waals surface area contributed by atoms with Gasteiger partial charge in [-0.1, -0.05) is 17.7 Å². The summed E-state index contributed by atoms with van der Waals surface area (Å²) in [5.41, 5.74) is 0.458. The Hall–Kier alpha value is -3.29. The Morgan fingerprint density at radius 2 is 2.03 bits per heavy atom. The summed E-state index contributed by atoms with van der Waals surface area (Å²) in [6, 6.07) is 6.98. The van der Waals surface area contributed by atoms with Crippen molar-refractivity contribution in [3.8, 4) is 5.88 Å². The largest absolute Gasteiger partial charge is 0.491 e. The Bertz CT molecular complexity index is 1340. The smallest absolute Gasteiger partial charge is 0.401 e. The zero-order valence-electron chi connectivity index (χ0n) is 18.8. The molecular weight excluding hydrogens is 538 g/mol. The third-order valence-electron chi connectivity index (χ3n) is 6.14. The number of esters is 1. The topological polar surface area (TPSA) is 87.7 Å². The number of halogens is 5. The normalized spacial score (nSPS) is 19.3. The summed E-state index contributed by atoms with van der Waals surface area (Å²) >= 11 is 7.08. The van der Waals surface area contributed by atoms with Crippen molar-refractivity contribution in [2.75, 3.05) is 18.4 Å². The fourth-order valence-corrected chi connectivity index (χ4v) is 5.27. The molecule has 4 heterocycles. The van der Waals surface area contributed by atoms with E-state index in [1.807, 2.05) is 0 Å². The van der Waals surface area contributed by atoms with Crippen molar-refractivity contribution in [1.29, 1.82) is 0 Å². The molecule has 1 amide bonds. The molecule has 2 aromatic heterocycles. The third kappa shape index (κ3) is 5.38. The Morgan fingerprint density at radius 1 is 1.22 bits per heavy atom. The van der Waals surface area contributed by atoms with Crippen LogP contribution in [-0.4, -0.2) is 63.0 Å². The molecule has 5 rings (SSSR count). The van der Waals surface area contributed by atoms with Gasteiger partial charge >= 0.3 is 12.1 Å². The van der Waals surface area contributed by atoms with E-state index in [1.54, 1.807) is 22.5 Å². The number of carbonyl (C=O) groups is 2. The van der Waals surface area contributed by atoms with Gasteiger partial charge in [0.25, 0.3) is 5.91 Å². The molecule has 0 unspecified atom stereocenters. The molecule has 1 N–H and O–H groups in total. The maximum absolute atomic E-state index is 14.4. The molecule has 2 aliphatic rings. The number of aromatic nitrogens is 2. The summed E-state index contributed by atoms with van der Waals surface area (Å²) in [4.78, 5) is 36.0.